The first kappa shape index (κ1) is 15.0. The highest BCUT2D eigenvalue weighted by atomic mass is 16.2. The fourth-order valence-electron chi connectivity index (χ4n) is 2.26. The lowest BCUT2D eigenvalue weighted by Gasteiger charge is -2.17. The molecular formula is C17H21N3O. The molecule has 2 N–H and O–H groups in total. The van der Waals surface area contributed by atoms with Crippen LogP contribution in [0, 0.1) is 6.92 Å². The lowest BCUT2D eigenvalue weighted by Crippen LogP contribution is -2.38. The van der Waals surface area contributed by atoms with Gasteiger partial charge in [0, 0.05) is 18.9 Å². The third kappa shape index (κ3) is 4.60. The Bertz CT molecular complexity index is 584. The second-order valence-electron chi connectivity index (χ2n) is 5.09. The number of amides is 2. The summed E-state index contributed by atoms with van der Waals surface area (Å²) in [7, 11) is 0. The molecular weight excluding hydrogens is 262 g/mol. The molecule has 1 aromatic carbocycles. The molecule has 0 saturated carbocycles. The molecule has 0 radical (unpaired) electrons. The molecule has 0 saturated heterocycles. The summed E-state index contributed by atoms with van der Waals surface area (Å²) >= 11 is 0. The average Bonchev–Trinajstić information content (AvgIpc) is 2.48. The van der Waals surface area contributed by atoms with Crippen molar-refractivity contribution in [2.45, 2.75) is 26.3 Å². The number of aryl methyl sites for hydroxylation is 1. The Morgan fingerprint density at radius 1 is 1.24 bits per heavy atom. The number of nitrogens with one attached hydrogen (secondary N) is 2. The van der Waals surface area contributed by atoms with E-state index in [0.717, 1.165) is 17.5 Å². The molecule has 0 aliphatic carbocycles. The highest BCUT2D eigenvalue weighted by Crippen LogP contribution is 2.16. The molecule has 4 heteroatoms. The zero-order chi connectivity index (χ0) is 15.1. The van der Waals surface area contributed by atoms with Crippen molar-refractivity contribution in [3.05, 3.63) is 65.5 Å². The first-order valence-corrected chi connectivity index (χ1v) is 7.15. The molecule has 1 atom stereocenters. The van der Waals surface area contributed by atoms with Gasteiger partial charge < -0.3 is 10.6 Å². The summed E-state index contributed by atoms with van der Waals surface area (Å²) in [6, 6.07) is 11.8. The van der Waals surface area contributed by atoms with Gasteiger partial charge in [-0.15, -0.1) is 0 Å². The van der Waals surface area contributed by atoms with Gasteiger partial charge in [0.05, 0.1) is 6.04 Å². The second kappa shape index (κ2) is 7.43. The Labute approximate surface area is 125 Å². The summed E-state index contributed by atoms with van der Waals surface area (Å²) in [5.74, 6) is 0. The highest BCUT2D eigenvalue weighted by Gasteiger charge is 2.10. The van der Waals surface area contributed by atoms with Crippen LogP contribution < -0.4 is 10.6 Å². The lowest BCUT2D eigenvalue weighted by molar-refractivity contribution is 0.238. The van der Waals surface area contributed by atoms with Crippen LogP contribution in [0.2, 0.25) is 0 Å². The predicted octanol–water partition coefficient (Wildman–Crippen LogP) is 2.99. The van der Waals surface area contributed by atoms with Crippen LogP contribution in [0.3, 0.4) is 0 Å². The van der Waals surface area contributed by atoms with E-state index in [2.05, 4.69) is 15.6 Å². The number of nitrogens with zero attached hydrogens (tertiary/aromatic N) is 1. The Morgan fingerprint density at radius 3 is 2.76 bits per heavy atom. The number of rotatable bonds is 5. The Morgan fingerprint density at radius 2 is 2.05 bits per heavy atom. The van der Waals surface area contributed by atoms with Gasteiger partial charge in [-0.1, -0.05) is 30.3 Å². The van der Waals surface area contributed by atoms with E-state index in [-0.39, 0.29) is 12.1 Å². The van der Waals surface area contributed by atoms with Crippen LogP contribution in [0.15, 0.2) is 48.8 Å². The van der Waals surface area contributed by atoms with E-state index in [1.807, 2.05) is 56.4 Å². The Balaban J connectivity index is 1.78. The maximum atomic E-state index is 11.9. The number of urea groups is 1. The summed E-state index contributed by atoms with van der Waals surface area (Å²) in [5, 5.41) is 5.83. The molecule has 1 heterocycles. The van der Waals surface area contributed by atoms with E-state index in [9.17, 15) is 4.79 Å². The van der Waals surface area contributed by atoms with E-state index in [1.54, 1.807) is 6.20 Å². The van der Waals surface area contributed by atoms with Gasteiger partial charge in [0.2, 0.25) is 0 Å². The number of carbonyl (C=O) groups is 1. The van der Waals surface area contributed by atoms with Gasteiger partial charge in [-0.25, -0.2) is 4.79 Å². The molecule has 2 aromatic rings. The van der Waals surface area contributed by atoms with Crippen LogP contribution in [0.5, 0.6) is 0 Å². The van der Waals surface area contributed by atoms with E-state index >= 15 is 0 Å². The molecule has 0 aliphatic rings. The average molecular weight is 283 g/mol. The molecule has 21 heavy (non-hydrogen) atoms. The molecule has 0 unspecified atom stereocenters. The summed E-state index contributed by atoms with van der Waals surface area (Å²) in [5.41, 5.74) is 3.44. The van der Waals surface area contributed by atoms with E-state index in [4.69, 9.17) is 0 Å². The Hall–Kier alpha value is -2.36. The molecule has 0 bridgehead atoms. The largest absolute Gasteiger partial charge is 0.338 e. The summed E-state index contributed by atoms with van der Waals surface area (Å²) < 4.78 is 0. The molecule has 0 aliphatic heterocycles. The quantitative estimate of drug-likeness (QED) is 0.886. The van der Waals surface area contributed by atoms with Gasteiger partial charge >= 0.3 is 6.03 Å². The molecule has 0 fully saturated rings. The topological polar surface area (TPSA) is 54.0 Å². The second-order valence-corrected chi connectivity index (χ2v) is 5.09. The molecule has 0 spiro atoms. The van der Waals surface area contributed by atoms with Crippen molar-refractivity contribution >= 4 is 6.03 Å². The third-order valence-electron chi connectivity index (χ3n) is 3.42. The molecule has 110 valence electrons. The third-order valence-corrected chi connectivity index (χ3v) is 3.42. The fourth-order valence-corrected chi connectivity index (χ4v) is 2.26. The number of aromatic nitrogens is 1. The fraction of sp³-hybridized carbons (Fsp3) is 0.294. The van der Waals surface area contributed by atoms with Crippen LogP contribution in [0.25, 0.3) is 0 Å². The van der Waals surface area contributed by atoms with Gasteiger partial charge in [0.25, 0.3) is 0 Å². The van der Waals surface area contributed by atoms with Gasteiger partial charge in [-0.2, -0.15) is 0 Å². The smallest absolute Gasteiger partial charge is 0.315 e. The van der Waals surface area contributed by atoms with Gasteiger partial charge in [0.1, 0.15) is 0 Å². The number of hydrogen-bond donors (Lipinski definition) is 2. The minimum absolute atomic E-state index is 0.00964. The van der Waals surface area contributed by atoms with Crippen molar-refractivity contribution in [1.82, 2.24) is 15.6 Å². The van der Waals surface area contributed by atoms with Crippen molar-refractivity contribution in [1.29, 1.82) is 0 Å². The van der Waals surface area contributed by atoms with Crippen LogP contribution >= 0.6 is 0 Å². The summed E-state index contributed by atoms with van der Waals surface area (Å²) in [4.78, 5) is 15.9. The lowest BCUT2D eigenvalue weighted by atomic mass is 10.0. The maximum Gasteiger partial charge on any atom is 0.315 e. The number of hydrogen-bond acceptors (Lipinski definition) is 2. The molecule has 1 aromatic heterocycles. The van der Waals surface area contributed by atoms with Crippen LogP contribution in [-0.4, -0.2) is 17.6 Å². The van der Waals surface area contributed by atoms with Crippen molar-refractivity contribution in [2.75, 3.05) is 6.54 Å². The van der Waals surface area contributed by atoms with E-state index in [0.29, 0.717) is 6.54 Å². The van der Waals surface area contributed by atoms with Crippen molar-refractivity contribution in [3.8, 4) is 0 Å². The van der Waals surface area contributed by atoms with Crippen molar-refractivity contribution < 1.29 is 4.79 Å². The standard InChI is InChI=1S/C17H21N3O/c1-13-6-3-4-8-16(13)14(2)20-17(21)19-11-9-15-7-5-10-18-12-15/h3-8,10,12,14H,9,11H2,1-2H3,(H2,19,20,21)/t14-/m0/s1. The minimum Gasteiger partial charge on any atom is -0.338 e. The van der Waals surface area contributed by atoms with Gasteiger partial charge in [0.15, 0.2) is 0 Å². The van der Waals surface area contributed by atoms with Crippen LogP contribution in [0.4, 0.5) is 4.79 Å². The predicted molar refractivity (Wildman–Crippen MR) is 84.1 cm³/mol. The van der Waals surface area contributed by atoms with Gasteiger partial charge in [-0.3, -0.25) is 4.98 Å². The van der Waals surface area contributed by atoms with Gasteiger partial charge in [-0.05, 0) is 43.0 Å². The zero-order valence-electron chi connectivity index (χ0n) is 12.5. The first-order valence-electron chi connectivity index (χ1n) is 7.15. The molecule has 4 nitrogen and oxygen atoms in total. The first-order chi connectivity index (χ1) is 10.2. The number of pyridine rings is 1. The molecule has 2 rings (SSSR count). The maximum absolute atomic E-state index is 11.9. The van der Waals surface area contributed by atoms with Crippen molar-refractivity contribution in [2.24, 2.45) is 0 Å². The Kier molecular flexibility index (Phi) is 5.32. The van der Waals surface area contributed by atoms with E-state index in [1.165, 1.54) is 5.56 Å². The number of benzene rings is 1. The zero-order valence-corrected chi connectivity index (χ0v) is 12.5. The number of carbonyl (C=O) groups excluding carboxylic acids is 1. The van der Waals surface area contributed by atoms with Crippen LogP contribution in [0.1, 0.15) is 29.7 Å². The van der Waals surface area contributed by atoms with Crippen LogP contribution in [-0.2, 0) is 6.42 Å². The van der Waals surface area contributed by atoms with E-state index < -0.39 is 0 Å². The normalized spacial score (nSPS) is 11.7. The van der Waals surface area contributed by atoms with Crippen molar-refractivity contribution in [3.63, 3.8) is 0 Å². The highest BCUT2D eigenvalue weighted by molar-refractivity contribution is 5.74. The summed E-state index contributed by atoms with van der Waals surface area (Å²) in [6.07, 6.45) is 4.34. The SMILES string of the molecule is Cc1ccccc1[C@H](C)NC(=O)NCCc1cccnc1. The monoisotopic (exact) mass is 283 g/mol. The summed E-state index contributed by atoms with van der Waals surface area (Å²) in [6.45, 7) is 4.63. The minimum atomic E-state index is -0.144. The molecule has 2 amide bonds.